The first kappa shape index (κ1) is 10.5. The van der Waals surface area contributed by atoms with E-state index in [-0.39, 0.29) is 0 Å². The van der Waals surface area contributed by atoms with Crippen molar-refractivity contribution in [2.24, 2.45) is 0 Å². The number of ether oxygens (including phenoxy) is 2. The number of nitrogens with one attached hydrogen (secondary N) is 1. The van der Waals surface area contributed by atoms with Crippen molar-refractivity contribution in [3.8, 4) is 11.5 Å². The SMILES string of the molecule is c1cc2c(cc1N1CCCC3NCCC31)OCO2. The van der Waals surface area contributed by atoms with Gasteiger partial charge in [-0.15, -0.1) is 0 Å². The highest BCUT2D eigenvalue weighted by Crippen LogP contribution is 2.38. The standard InChI is InChI=1S/C14H18N2O2/c1-2-11-12(5-6-15-11)16(7-1)10-3-4-13-14(8-10)18-9-17-13/h3-4,8,11-12,15H,1-2,5-7,9H2. The van der Waals surface area contributed by atoms with E-state index in [0.717, 1.165) is 24.6 Å². The Balaban J connectivity index is 1.65. The molecule has 96 valence electrons. The smallest absolute Gasteiger partial charge is 0.231 e. The van der Waals surface area contributed by atoms with E-state index in [4.69, 9.17) is 9.47 Å². The zero-order valence-electron chi connectivity index (χ0n) is 10.4. The van der Waals surface area contributed by atoms with E-state index in [2.05, 4.69) is 22.3 Å². The highest BCUT2D eigenvalue weighted by atomic mass is 16.7. The number of piperidine rings is 1. The largest absolute Gasteiger partial charge is 0.454 e. The minimum atomic E-state index is 0.354. The maximum atomic E-state index is 5.48. The summed E-state index contributed by atoms with van der Waals surface area (Å²) in [5.41, 5.74) is 1.28. The van der Waals surface area contributed by atoms with Crippen LogP contribution in [-0.2, 0) is 0 Å². The van der Waals surface area contributed by atoms with Gasteiger partial charge in [0.05, 0.1) is 0 Å². The molecule has 0 aliphatic carbocycles. The van der Waals surface area contributed by atoms with Gasteiger partial charge < -0.3 is 19.7 Å². The van der Waals surface area contributed by atoms with Crippen LogP contribution in [0.15, 0.2) is 18.2 Å². The van der Waals surface area contributed by atoms with E-state index >= 15 is 0 Å². The molecule has 2 atom stereocenters. The molecule has 0 radical (unpaired) electrons. The van der Waals surface area contributed by atoms with E-state index < -0.39 is 0 Å². The van der Waals surface area contributed by atoms with Crippen molar-refractivity contribution in [2.45, 2.75) is 31.3 Å². The van der Waals surface area contributed by atoms with Gasteiger partial charge in [0.15, 0.2) is 11.5 Å². The third-order valence-electron chi connectivity index (χ3n) is 4.31. The predicted molar refractivity (Wildman–Crippen MR) is 69.3 cm³/mol. The van der Waals surface area contributed by atoms with Crippen LogP contribution >= 0.6 is 0 Å². The molecule has 2 unspecified atom stereocenters. The molecular weight excluding hydrogens is 228 g/mol. The first-order chi connectivity index (χ1) is 8.92. The highest BCUT2D eigenvalue weighted by molar-refractivity contribution is 5.58. The summed E-state index contributed by atoms with van der Waals surface area (Å²) in [4.78, 5) is 2.54. The number of rotatable bonds is 1. The Kier molecular flexibility index (Phi) is 2.36. The molecule has 0 saturated carbocycles. The highest BCUT2D eigenvalue weighted by Gasteiger charge is 2.35. The van der Waals surface area contributed by atoms with Gasteiger partial charge in [-0.1, -0.05) is 0 Å². The fraction of sp³-hybridized carbons (Fsp3) is 0.571. The third kappa shape index (κ3) is 1.56. The molecule has 3 aliphatic heterocycles. The summed E-state index contributed by atoms with van der Waals surface area (Å²) in [7, 11) is 0. The number of benzene rings is 1. The Hall–Kier alpha value is -1.42. The van der Waals surface area contributed by atoms with E-state index in [1.807, 2.05) is 6.07 Å². The Morgan fingerprint density at radius 2 is 2.11 bits per heavy atom. The Labute approximate surface area is 107 Å². The number of anilines is 1. The van der Waals surface area contributed by atoms with E-state index in [9.17, 15) is 0 Å². The molecular formula is C14H18N2O2. The monoisotopic (exact) mass is 246 g/mol. The van der Waals surface area contributed by atoms with Gasteiger partial charge in [-0.05, 0) is 37.9 Å². The number of hydrogen-bond donors (Lipinski definition) is 1. The Morgan fingerprint density at radius 3 is 3.11 bits per heavy atom. The van der Waals surface area contributed by atoms with Crippen molar-refractivity contribution < 1.29 is 9.47 Å². The van der Waals surface area contributed by atoms with Gasteiger partial charge in [0.1, 0.15) is 0 Å². The van der Waals surface area contributed by atoms with Gasteiger partial charge in [0.2, 0.25) is 6.79 Å². The van der Waals surface area contributed by atoms with Crippen LogP contribution in [0.2, 0.25) is 0 Å². The zero-order chi connectivity index (χ0) is 11.9. The molecule has 18 heavy (non-hydrogen) atoms. The third-order valence-corrected chi connectivity index (χ3v) is 4.31. The van der Waals surface area contributed by atoms with Crippen LogP contribution in [-0.4, -0.2) is 32.0 Å². The first-order valence-corrected chi connectivity index (χ1v) is 6.81. The quantitative estimate of drug-likeness (QED) is 0.818. The molecule has 1 aromatic rings. The fourth-order valence-electron chi connectivity index (χ4n) is 3.45. The second-order valence-electron chi connectivity index (χ2n) is 5.29. The second kappa shape index (κ2) is 4.05. The average molecular weight is 246 g/mol. The second-order valence-corrected chi connectivity index (χ2v) is 5.29. The van der Waals surface area contributed by atoms with Crippen molar-refractivity contribution >= 4 is 5.69 Å². The molecule has 1 N–H and O–H groups in total. The Morgan fingerprint density at radius 1 is 1.17 bits per heavy atom. The lowest BCUT2D eigenvalue weighted by Gasteiger charge is -2.39. The predicted octanol–water partition coefficient (Wildman–Crippen LogP) is 1.75. The van der Waals surface area contributed by atoms with Crippen LogP contribution in [0.4, 0.5) is 5.69 Å². The molecule has 3 aliphatic rings. The van der Waals surface area contributed by atoms with Gasteiger partial charge in [-0.25, -0.2) is 0 Å². The number of fused-ring (bicyclic) bond motifs is 2. The molecule has 2 fully saturated rings. The summed E-state index contributed by atoms with van der Waals surface area (Å²) >= 11 is 0. The molecule has 1 aromatic carbocycles. The van der Waals surface area contributed by atoms with Gasteiger partial charge in [0, 0.05) is 30.4 Å². The molecule has 2 saturated heterocycles. The van der Waals surface area contributed by atoms with Crippen molar-refractivity contribution in [3.63, 3.8) is 0 Å². The molecule has 4 nitrogen and oxygen atoms in total. The van der Waals surface area contributed by atoms with Crippen molar-refractivity contribution in [3.05, 3.63) is 18.2 Å². The van der Waals surface area contributed by atoms with Gasteiger partial charge in [-0.2, -0.15) is 0 Å². The maximum absolute atomic E-state index is 5.48. The number of hydrogen-bond acceptors (Lipinski definition) is 4. The lowest BCUT2D eigenvalue weighted by Crippen LogP contribution is -2.48. The van der Waals surface area contributed by atoms with Gasteiger partial charge in [0.25, 0.3) is 0 Å². The molecule has 4 rings (SSSR count). The van der Waals surface area contributed by atoms with Crippen molar-refractivity contribution in [1.29, 1.82) is 0 Å². The van der Waals surface area contributed by atoms with E-state index in [1.54, 1.807) is 0 Å². The zero-order valence-corrected chi connectivity index (χ0v) is 10.4. The summed E-state index contributed by atoms with van der Waals surface area (Å²) in [6, 6.07) is 7.64. The molecule has 4 heteroatoms. The molecule has 0 spiro atoms. The lowest BCUT2D eigenvalue weighted by atomic mass is 9.96. The lowest BCUT2D eigenvalue weighted by molar-refractivity contribution is 0.174. The van der Waals surface area contributed by atoms with Crippen molar-refractivity contribution in [2.75, 3.05) is 24.8 Å². The van der Waals surface area contributed by atoms with Crippen LogP contribution in [0, 0.1) is 0 Å². The summed E-state index contributed by atoms with van der Waals surface area (Å²) < 4.78 is 10.9. The van der Waals surface area contributed by atoms with Crippen LogP contribution in [0.5, 0.6) is 11.5 Å². The molecule has 0 amide bonds. The minimum Gasteiger partial charge on any atom is -0.454 e. The number of nitrogens with zero attached hydrogens (tertiary/aromatic N) is 1. The van der Waals surface area contributed by atoms with E-state index in [0.29, 0.717) is 18.9 Å². The fourth-order valence-corrected chi connectivity index (χ4v) is 3.45. The van der Waals surface area contributed by atoms with Gasteiger partial charge in [-0.3, -0.25) is 0 Å². The minimum absolute atomic E-state index is 0.354. The summed E-state index contributed by atoms with van der Waals surface area (Å²) in [6.07, 6.45) is 3.83. The van der Waals surface area contributed by atoms with Crippen LogP contribution in [0.1, 0.15) is 19.3 Å². The van der Waals surface area contributed by atoms with Crippen molar-refractivity contribution in [1.82, 2.24) is 5.32 Å². The molecule has 0 bridgehead atoms. The maximum Gasteiger partial charge on any atom is 0.231 e. The molecule has 3 heterocycles. The van der Waals surface area contributed by atoms with E-state index in [1.165, 1.54) is 24.9 Å². The summed E-state index contributed by atoms with van der Waals surface area (Å²) in [6.45, 7) is 2.66. The topological polar surface area (TPSA) is 33.7 Å². The first-order valence-electron chi connectivity index (χ1n) is 6.81. The normalized spacial score (nSPS) is 29.4. The van der Waals surface area contributed by atoms with Crippen LogP contribution in [0.25, 0.3) is 0 Å². The summed E-state index contributed by atoms with van der Waals surface area (Å²) in [5, 5.41) is 3.61. The average Bonchev–Trinajstić information content (AvgIpc) is 3.05. The molecule has 0 aromatic heterocycles. The van der Waals surface area contributed by atoms with Gasteiger partial charge >= 0.3 is 0 Å². The summed E-state index contributed by atoms with van der Waals surface area (Å²) in [5.74, 6) is 1.76. The Bertz CT molecular complexity index is 463. The van der Waals surface area contributed by atoms with Crippen LogP contribution in [0.3, 0.4) is 0 Å². The van der Waals surface area contributed by atoms with Crippen LogP contribution < -0.4 is 19.7 Å².